The Hall–Kier alpha value is -5.23. The van der Waals surface area contributed by atoms with Crippen molar-refractivity contribution in [2.45, 2.75) is 24.7 Å². The molecule has 27 nitrogen and oxygen atoms in total. The molecule has 34 heteroatoms. The molecule has 1 aromatic heterocycles. The number of carboxylic acid groups (broad SMARTS) is 1. The second kappa shape index (κ2) is 22.9. The minimum atomic E-state index is -5.13. The van der Waals surface area contributed by atoms with Crippen molar-refractivity contribution in [3.8, 4) is 17.1 Å². The molecule has 0 radical (unpaired) electrons. The summed E-state index contributed by atoms with van der Waals surface area (Å²) < 4.78 is 77.7. The van der Waals surface area contributed by atoms with E-state index in [4.69, 9.17) is 37.5 Å². The van der Waals surface area contributed by atoms with Gasteiger partial charge in [0.05, 0.1) is 56.4 Å². The monoisotopic (exact) mass is 1010 g/mol. The number of hydrogen-bond acceptors (Lipinski definition) is 27. The molecule has 1 heterocycles. The number of nitrogens with one attached hydrogen (secondary N) is 1. The molecule has 0 saturated carbocycles. The van der Waals surface area contributed by atoms with Gasteiger partial charge in [-0.15, -0.1) is 24.0 Å². The molecule has 0 aliphatic carbocycles. The SMILES string of the molecule is Nc1c(N=Nc2ccc(Nc3nc(Cl)nc(SCC(=O)O)n3)cc2SOOO)c(S(=O)(=O)O)cc2cc(SOOO)c(N=Nc3ccc(SC#COOS(=O)(=O)O)cc3)c(O)c12.O. The molecule has 0 unspecified atom stereocenters. The van der Waals surface area contributed by atoms with E-state index in [2.05, 4.69) is 73.9 Å². The molecule has 0 spiro atoms. The number of halogens is 1. The van der Waals surface area contributed by atoms with E-state index in [9.17, 15) is 31.3 Å². The van der Waals surface area contributed by atoms with Crippen LogP contribution >= 0.6 is 59.2 Å². The zero-order valence-corrected chi connectivity index (χ0v) is 35.8. The molecule has 0 bridgehead atoms. The normalized spacial score (nSPS) is 11.7. The molecule has 0 amide bonds. The average molecular weight is 1010 g/mol. The molecule has 0 fully saturated rings. The number of nitrogens with two attached hydrogens (primary N) is 1. The van der Waals surface area contributed by atoms with E-state index in [1.165, 1.54) is 48.5 Å². The third-order valence-electron chi connectivity index (χ3n) is 6.76. The summed E-state index contributed by atoms with van der Waals surface area (Å²) in [5.74, 6) is -2.30. The van der Waals surface area contributed by atoms with E-state index in [1.807, 2.05) is 6.11 Å². The van der Waals surface area contributed by atoms with Gasteiger partial charge in [0.15, 0.2) is 17.0 Å². The molecule has 334 valence electrons. The molecule has 5 rings (SSSR count). The van der Waals surface area contributed by atoms with Crippen LogP contribution in [0.4, 0.5) is 40.1 Å². The highest BCUT2D eigenvalue weighted by Gasteiger charge is 2.26. The maximum atomic E-state index is 12.7. The first-order valence-electron chi connectivity index (χ1n) is 15.4. The minimum Gasteiger partial charge on any atom is -0.505 e. The summed E-state index contributed by atoms with van der Waals surface area (Å²) >= 11 is 8.33. The standard InChI is InChI=1S/C29H20ClN9O17S6.H2O/c30-27-33-28(35-29(34-27)58-12-21(40)41)32-15-3-6-17(18(11-15)59-54-52-43)37-39-25-20(61(45,46)47)10-13-9-19(60-55-53-44)24(26(42)22(13)23(25)31)38-36-14-1-4-16(5-2-14)57-8-7-51-56-62(48,49)50;/h1-6,9-11,42-44H,12,31H2,(H,40,41)(H,45,46,47)(H,48,49,50)(H,32,33,34,35);1H2. The maximum absolute atomic E-state index is 12.7. The van der Waals surface area contributed by atoms with Gasteiger partial charge in [-0.3, -0.25) is 18.8 Å². The number of aliphatic carboxylic acids is 1. The average Bonchev–Trinajstić information content (AvgIpc) is 3.20. The summed E-state index contributed by atoms with van der Waals surface area (Å²) in [6.45, 7) is 0. The van der Waals surface area contributed by atoms with Gasteiger partial charge in [0, 0.05) is 15.8 Å². The molecular weight excluding hydrogens is 990 g/mol. The van der Waals surface area contributed by atoms with Gasteiger partial charge in [0.1, 0.15) is 22.0 Å². The lowest BCUT2D eigenvalue weighted by atomic mass is 10.1. The first kappa shape index (κ1) is 50.4. The second-order valence-electron chi connectivity index (χ2n) is 10.7. The number of azo groups is 2. The molecule has 11 N–H and O–H groups in total. The number of phenolic OH excluding ortho intramolecular Hbond substituents is 1. The number of anilines is 3. The number of fused-ring (bicyclic) bond motifs is 1. The fourth-order valence-electron chi connectivity index (χ4n) is 4.47. The van der Waals surface area contributed by atoms with Crippen molar-refractivity contribution < 1.29 is 84.9 Å². The first-order valence-corrected chi connectivity index (χ1v) is 21.9. The molecule has 0 saturated heterocycles. The Morgan fingerprint density at radius 2 is 1.57 bits per heavy atom. The first-order chi connectivity index (χ1) is 29.4. The summed E-state index contributed by atoms with van der Waals surface area (Å²) in [5.41, 5.74) is 5.22. The number of hydrogen-bond donors (Lipinski definition) is 8. The Labute approximate surface area is 373 Å². The summed E-state index contributed by atoms with van der Waals surface area (Å²) in [5, 5.41) is 66.2. The molecule has 4 aromatic carbocycles. The van der Waals surface area contributed by atoms with Gasteiger partial charge in [0.2, 0.25) is 11.2 Å². The number of nitrogen functional groups attached to an aromatic ring is 1. The number of carbonyl (C=O) groups is 1. The molecule has 5 aromatic rings. The fourth-order valence-corrected chi connectivity index (χ4v) is 7.46. The zero-order chi connectivity index (χ0) is 45.0. The number of thioether (sulfide) groups is 2. The smallest absolute Gasteiger partial charge is 0.433 e. The van der Waals surface area contributed by atoms with Crippen molar-refractivity contribution in [2.75, 3.05) is 16.8 Å². The van der Waals surface area contributed by atoms with Crippen LogP contribution in [-0.2, 0) is 53.3 Å². The molecule has 63 heavy (non-hydrogen) atoms. The number of aromatic hydroxyl groups is 1. The highest BCUT2D eigenvalue weighted by atomic mass is 35.5. The van der Waals surface area contributed by atoms with Crippen LogP contribution in [0.5, 0.6) is 5.75 Å². The fraction of sp³-hybridized carbons (Fsp3) is 0.0345. The Morgan fingerprint density at radius 1 is 0.889 bits per heavy atom. The molecule has 0 aliphatic rings. The van der Waals surface area contributed by atoms with Crippen molar-refractivity contribution in [1.29, 1.82) is 0 Å². The van der Waals surface area contributed by atoms with E-state index in [-0.39, 0.29) is 70.9 Å². The van der Waals surface area contributed by atoms with Crippen LogP contribution in [-0.4, -0.2) is 78.8 Å². The Kier molecular flexibility index (Phi) is 18.3. The van der Waals surface area contributed by atoms with E-state index >= 15 is 0 Å². The predicted octanol–water partition coefficient (Wildman–Crippen LogP) is 6.76. The summed E-state index contributed by atoms with van der Waals surface area (Å²) in [6, 6.07) is 12.1. The third-order valence-corrected chi connectivity index (χ3v) is 10.8. The second-order valence-corrected chi connectivity index (χ2v) is 16.7. The van der Waals surface area contributed by atoms with Crippen molar-refractivity contribution in [1.82, 2.24) is 15.0 Å². The van der Waals surface area contributed by atoms with Crippen LogP contribution in [0.25, 0.3) is 10.8 Å². The van der Waals surface area contributed by atoms with Crippen molar-refractivity contribution >= 4 is 137 Å². The highest BCUT2D eigenvalue weighted by Crippen LogP contribution is 2.50. The minimum absolute atomic E-state index is 0. The summed E-state index contributed by atoms with van der Waals surface area (Å²) in [4.78, 5) is 26.4. The van der Waals surface area contributed by atoms with E-state index in [0.717, 1.165) is 29.6 Å². The van der Waals surface area contributed by atoms with Gasteiger partial charge >= 0.3 is 16.4 Å². The molecule has 0 atom stereocenters. The Bertz CT molecular complexity index is 2840. The van der Waals surface area contributed by atoms with Crippen LogP contribution in [0.1, 0.15) is 0 Å². The van der Waals surface area contributed by atoms with Gasteiger partial charge in [-0.05, 0) is 87.7 Å². The van der Waals surface area contributed by atoms with Gasteiger partial charge in [0.25, 0.3) is 10.1 Å². The molecular formula is C29H22ClN9O18S6. The van der Waals surface area contributed by atoms with Gasteiger partial charge < -0.3 is 26.7 Å². The van der Waals surface area contributed by atoms with Crippen LogP contribution < -0.4 is 11.1 Å². The lowest BCUT2D eigenvalue weighted by Gasteiger charge is -2.14. The number of aromatic nitrogens is 3. The van der Waals surface area contributed by atoms with Crippen LogP contribution in [0, 0.1) is 11.4 Å². The quantitative estimate of drug-likeness (QED) is 0.00619. The van der Waals surface area contributed by atoms with Crippen LogP contribution in [0.15, 0.2) is 99.8 Å². The zero-order valence-electron chi connectivity index (χ0n) is 30.1. The largest absolute Gasteiger partial charge is 0.505 e. The van der Waals surface area contributed by atoms with Gasteiger partial charge in [-0.1, -0.05) is 21.8 Å². The predicted molar refractivity (Wildman–Crippen MR) is 220 cm³/mol. The van der Waals surface area contributed by atoms with E-state index in [0.29, 0.717) is 29.0 Å². The van der Waals surface area contributed by atoms with Crippen molar-refractivity contribution in [3.63, 3.8) is 0 Å². The summed E-state index contributed by atoms with van der Waals surface area (Å²) in [7, 11) is -9.98. The number of phenols is 1. The number of benzene rings is 4. The number of nitrogens with zero attached hydrogens (tertiary/aromatic N) is 7. The lowest BCUT2D eigenvalue weighted by molar-refractivity contribution is -0.432. The van der Waals surface area contributed by atoms with Crippen LogP contribution in [0.2, 0.25) is 5.28 Å². The maximum Gasteiger partial charge on any atom is 0.433 e. The Morgan fingerprint density at radius 3 is 2.22 bits per heavy atom. The summed E-state index contributed by atoms with van der Waals surface area (Å²) in [6.07, 6.45) is 1.89. The van der Waals surface area contributed by atoms with E-state index < -0.39 is 48.5 Å². The number of rotatable bonds is 19. The van der Waals surface area contributed by atoms with Crippen molar-refractivity contribution in [3.05, 3.63) is 59.9 Å². The number of carboxylic acids is 1. The van der Waals surface area contributed by atoms with E-state index in [1.54, 1.807) is 0 Å². The molecule has 0 aliphatic heterocycles. The third kappa shape index (κ3) is 14.7. The Balaban J connectivity index is 0.00000871. The topological polar surface area (TPSA) is 420 Å². The van der Waals surface area contributed by atoms with Crippen molar-refractivity contribution in [2.24, 2.45) is 20.5 Å². The highest BCUT2D eigenvalue weighted by molar-refractivity contribution is 8.04. The van der Waals surface area contributed by atoms with Crippen LogP contribution in [0.3, 0.4) is 0 Å². The lowest BCUT2D eigenvalue weighted by Crippen LogP contribution is -2.03. The van der Waals surface area contributed by atoms with Gasteiger partial charge in [-0.25, -0.2) is 10.5 Å². The van der Waals surface area contributed by atoms with Gasteiger partial charge in [-0.2, -0.15) is 36.9 Å².